The second-order valence-corrected chi connectivity index (χ2v) is 17.7. The van der Waals surface area contributed by atoms with Gasteiger partial charge in [0.1, 0.15) is 6.10 Å². The molecule has 0 aliphatic heterocycles. The smallest absolute Gasteiger partial charge is 0.249 e. The first-order valence-electron chi connectivity index (χ1n) is 25.7. The van der Waals surface area contributed by atoms with Crippen LogP contribution >= 0.6 is 0 Å². The minimum absolute atomic E-state index is 0.363. The van der Waals surface area contributed by atoms with Crippen molar-refractivity contribution >= 4 is 5.91 Å². The molecule has 338 valence electrons. The molecule has 5 heteroatoms. The number of amides is 1. The Morgan fingerprint density at radius 3 is 1.02 bits per heavy atom. The first-order chi connectivity index (χ1) is 28.1. The molecule has 0 saturated heterocycles. The van der Waals surface area contributed by atoms with Crippen LogP contribution in [-0.4, -0.2) is 46.1 Å². The molecule has 0 saturated carbocycles. The van der Waals surface area contributed by atoms with E-state index in [-0.39, 0.29) is 6.61 Å². The average Bonchev–Trinajstić information content (AvgIpc) is 3.22. The van der Waals surface area contributed by atoms with Gasteiger partial charge in [-0.1, -0.05) is 256 Å². The van der Waals surface area contributed by atoms with Crippen molar-refractivity contribution in [2.45, 2.75) is 295 Å². The van der Waals surface area contributed by atoms with E-state index in [1.807, 2.05) is 6.08 Å². The van der Waals surface area contributed by atoms with E-state index in [0.29, 0.717) is 6.42 Å². The van der Waals surface area contributed by atoms with Crippen LogP contribution in [0.5, 0.6) is 0 Å². The molecule has 0 radical (unpaired) electrons. The molecule has 0 spiro atoms. The van der Waals surface area contributed by atoms with Crippen LogP contribution in [0, 0.1) is 0 Å². The number of hydrogen-bond donors (Lipinski definition) is 4. The highest BCUT2D eigenvalue weighted by Crippen LogP contribution is 2.17. The molecular formula is C52H101NO4. The number of allylic oxidation sites excluding steroid dienone is 3. The molecule has 3 atom stereocenters. The Labute approximate surface area is 356 Å². The van der Waals surface area contributed by atoms with Gasteiger partial charge in [-0.2, -0.15) is 0 Å². The Kier molecular flexibility index (Phi) is 46.5. The minimum Gasteiger partial charge on any atom is -0.394 e. The summed E-state index contributed by atoms with van der Waals surface area (Å²) in [6.45, 7) is 4.20. The van der Waals surface area contributed by atoms with Crippen LogP contribution in [-0.2, 0) is 4.79 Å². The summed E-state index contributed by atoms with van der Waals surface area (Å²) in [7, 11) is 0. The molecule has 3 unspecified atom stereocenters. The van der Waals surface area contributed by atoms with E-state index >= 15 is 0 Å². The summed E-state index contributed by atoms with van der Waals surface area (Å²) < 4.78 is 0. The summed E-state index contributed by atoms with van der Waals surface area (Å²) in [4.78, 5) is 12.5. The fourth-order valence-corrected chi connectivity index (χ4v) is 8.01. The van der Waals surface area contributed by atoms with Crippen molar-refractivity contribution in [3.05, 3.63) is 24.3 Å². The second-order valence-electron chi connectivity index (χ2n) is 17.7. The number of carbonyl (C=O) groups excluding carboxylic acids is 1. The van der Waals surface area contributed by atoms with Gasteiger partial charge in [-0.3, -0.25) is 4.79 Å². The van der Waals surface area contributed by atoms with Gasteiger partial charge >= 0.3 is 0 Å². The predicted octanol–water partition coefficient (Wildman–Crippen LogP) is 15.3. The van der Waals surface area contributed by atoms with Gasteiger partial charge in [0, 0.05) is 0 Å². The third-order valence-electron chi connectivity index (χ3n) is 12.0. The van der Waals surface area contributed by atoms with E-state index in [2.05, 4.69) is 31.3 Å². The van der Waals surface area contributed by atoms with Crippen LogP contribution < -0.4 is 5.32 Å². The highest BCUT2D eigenvalue weighted by atomic mass is 16.3. The fourth-order valence-electron chi connectivity index (χ4n) is 8.01. The summed E-state index contributed by atoms with van der Waals surface area (Å²) in [6, 6.07) is -0.799. The molecule has 0 aliphatic rings. The molecule has 0 aromatic rings. The molecule has 4 N–H and O–H groups in total. The SMILES string of the molecule is CCCCCCCCCC/C=C\CCCCCCCCC(O)C(=O)NC(CO)C(O)/C=C/CCCCCCCCCCCCCCCCCCCCCCCCC. The molecule has 1 amide bonds. The first kappa shape index (κ1) is 55.8. The third-order valence-corrected chi connectivity index (χ3v) is 12.0. The molecule has 0 bridgehead atoms. The zero-order chi connectivity index (χ0) is 41.5. The number of hydrogen-bond acceptors (Lipinski definition) is 4. The summed E-state index contributed by atoms with van der Waals surface area (Å²) in [5, 5.41) is 33.3. The van der Waals surface area contributed by atoms with Crippen molar-refractivity contribution in [3.8, 4) is 0 Å². The number of nitrogens with one attached hydrogen (secondary N) is 1. The van der Waals surface area contributed by atoms with Crippen LogP contribution in [0.2, 0.25) is 0 Å². The van der Waals surface area contributed by atoms with Crippen molar-refractivity contribution < 1.29 is 20.1 Å². The standard InChI is InChI=1S/C52H101NO4/c1-3-5-7-9-11-13-15-17-19-21-23-24-25-26-27-28-29-31-32-34-36-38-40-42-44-46-50(55)49(48-54)53-52(57)51(56)47-45-43-41-39-37-35-33-30-22-20-18-16-14-12-10-8-6-4-2/h22,30,44,46,49-51,54-56H,3-21,23-29,31-43,45,47-48H2,1-2H3,(H,53,57)/b30-22-,46-44+. The molecular weight excluding hydrogens is 703 g/mol. The summed E-state index contributed by atoms with van der Waals surface area (Å²) in [5.74, 6) is -0.505. The Hall–Kier alpha value is -1.17. The van der Waals surface area contributed by atoms with Gasteiger partial charge in [0.15, 0.2) is 0 Å². The average molecular weight is 804 g/mol. The van der Waals surface area contributed by atoms with Gasteiger partial charge in [-0.15, -0.1) is 0 Å². The summed E-state index contributed by atoms with van der Waals surface area (Å²) in [6.07, 6.45) is 59.5. The van der Waals surface area contributed by atoms with Crippen LogP contribution in [0.15, 0.2) is 24.3 Å². The quantitative estimate of drug-likeness (QED) is 0.0364. The number of rotatable bonds is 47. The maximum Gasteiger partial charge on any atom is 0.249 e. The van der Waals surface area contributed by atoms with E-state index < -0.39 is 24.2 Å². The molecule has 0 heterocycles. The lowest BCUT2D eigenvalue weighted by molar-refractivity contribution is -0.131. The summed E-state index contributed by atoms with van der Waals surface area (Å²) in [5.41, 5.74) is 0. The largest absolute Gasteiger partial charge is 0.394 e. The number of unbranched alkanes of at least 4 members (excludes halogenated alkanes) is 37. The Morgan fingerprint density at radius 1 is 0.421 bits per heavy atom. The van der Waals surface area contributed by atoms with Crippen LogP contribution in [0.25, 0.3) is 0 Å². The maximum atomic E-state index is 12.5. The second kappa shape index (κ2) is 47.5. The van der Waals surface area contributed by atoms with Gasteiger partial charge in [-0.05, 0) is 44.9 Å². The monoisotopic (exact) mass is 804 g/mol. The maximum absolute atomic E-state index is 12.5. The van der Waals surface area contributed by atoms with Gasteiger partial charge < -0.3 is 20.6 Å². The van der Waals surface area contributed by atoms with Crippen molar-refractivity contribution in [2.75, 3.05) is 6.61 Å². The van der Waals surface area contributed by atoms with Gasteiger partial charge in [0.2, 0.25) is 5.91 Å². The van der Waals surface area contributed by atoms with Gasteiger partial charge in [0.05, 0.1) is 18.8 Å². The third kappa shape index (κ3) is 42.8. The molecule has 0 fully saturated rings. The number of aliphatic hydroxyl groups is 3. The van der Waals surface area contributed by atoms with Crippen LogP contribution in [0.4, 0.5) is 0 Å². The molecule has 0 aromatic carbocycles. The van der Waals surface area contributed by atoms with Crippen LogP contribution in [0.3, 0.4) is 0 Å². The molecule has 0 aromatic heterocycles. The number of aliphatic hydroxyl groups excluding tert-OH is 3. The number of carbonyl (C=O) groups is 1. The lowest BCUT2D eigenvalue weighted by atomic mass is 10.0. The summed E-state index contributed by atoms with van der Waals surface area (Å²) >= 11 is 0. The fraction of sp³-hybridized carbons (Fsp3) is 0.904. The van der Waals surface area contributed by atoms with E-state index in [4.69, 9.17) is 0 Å². The topological polar surface area (TPSA) is 89.8 Å². The van der Waals surface area contributed by atoms with E-state index in [1.165, 1.54) is 225 Å². The lowest BCUT2D eigenvalue weighted by Crippen LogP contribution is -2.48. The van der Waals surface area contributed by atoms with E-state index in [1.54, 1.807) is 6.08 Å². The Bertz CT molecular complexity index is 844. The lowest BCUT2D eigenvalue weighted by Gasteiger charge is -2.21. The van der Waals surface area contributed by atoms with Gasteiger partial charge in [-0.25, -0.2) is 0 Å². The minimum atomic E-state index is -1.10. The van der Waals surface area contributed by atoms with E-state index in [0.717, 1.165) is 32.1 Å². The highest BCUT2D eigenvalue weighted by molar-refractivity contribution is 5.80. The Morgan fingerprint density at radius 2 is 0.702 bits per heavy atom. The van der Waals surface area contributed by atoms with Crippen LogP contribution in [0.1, 0.15) is 277 Å². The molecule has 5 nitrogen and oxygen atoms in total. The Balaban J connectivity index is 3.60. The first-order valence-corrected chi connectivity index (χ1v) is 25.7. The molecule has 0 rings (SSSR count). The van der Waals surface area contributed by atoms with Crippen molar-refractivity contribution in [2.24, 2.45) is 0 Å². The zero-order valence-electron chi connectivity index (χ0n) is 38.5. The molecule has 0 aliphatic carbocycles. The highest BCUT2D eigenvalue weighted by Gasteiger charge is 2.22. The van der Waals surface area contributed by atoms with E-state index in [9.17, 15) is 20.1 Å². The van der Waals surface area contributed by atoms with Gasteiger partial charge in [0.25, 0.3) is 0 Å². The van der Waals surface area contributed by atoms with Crippen molar-refractivity contribution in [3.63, 3.8) is 0 Å². The normalized spacial score (nSPS) is 13.6. The van der Waals surface area contributed by atoms with Crippen molar-refractivity contribution in [1.82, 2.24) is 5.32 Å². The van der Waals surface area contributed by atoms with Crippen molar-refractivity contribution in [1.29, 1.82) is 0 Å². The predicted molar refractivity (Wildman–Crippen MR) is 250 cm³/mol. The zero-order valence-corrected chi connectivity index (χ0v) is 38.5. The molecule has 57 heavy (non-hydrogen) atoms.